The molecule has 2 heterocycles. The highest BCUT2D eigenvalue weighted by Crippen LogP contribution is 2.37. The first-order valence-corrected chi connectivity index (χ1v) is 9.35. The van der Waals surface area contributed by atoms with Crippen LogP contribution >= 0.6 is 24.0 Å². The first-order valence-electron chi connectivity index (χ1n) is 8.97. The van der Waals surface area contributed by atoms with Crippen molar-refractivity contribution in [3.05, 3.63) is 65.6 Å². The number of halogens is 3. The molecule has 4 aromatic rings. The number of nitrogens with zero attached hydrogens (tertiary/aromatic N) is 3. The van der Waals surface area contributed by atoms with Gasteiger partial charge in [0.05, 0.1) is 23.3 Å². The SMILES string of the molecule is COc1cc2c(Nc3cc(O)c(Cl)cc3F)ccnc2cc1OCc1nccn1C.Cl. The molecule has 0 amide bonds. The maximum absolute atomic E-state index is 14.3. The average Bonchev–Trinajstić information content (AvgIpc) is 3.14. The fourth-order valence-corrected chi connectivity index (χ4v) is 3.14. The highest BCUT2D eigenvalue weighted by Gasteiger charge is 2.14. The van der Waals surface area contributed by atoms with E-state index in [1.54, 1.807) is 30.6 Å². The van der Waals surface area contributed by atoms with E-state index < -0.39 is 5.82 Å². The van der Waals surface area contributed by atoms with Gasteiger partial charge in [-0.25, -0.2) is 9.37 Å². The quantitative estimate of drug-likeness (QED) is 0.407. The van der Waals surface area contributed by atoms with Crippen LogP contribution in [0.25, 0.3) is 10.9 Å². The molecule has 2 N–H and O–H groups in total. The first-order chi connectivity index (χ1) is 14.5. The lowest BCUT2D eigenvalue weighted by Gasteiger charge is -2.15. The second-order valence-corrected chi connectivity index (χ2v) is 6.94. The molecule has 0 radical (unpaired) electrons. The Morgan fingerprint density at radius 1 is 1.13 bits per heavy atom. The normalized spacial score (nSPS) is 10.6. The Morgan fingerprint density at radius 2 is 1.94 bits per heavy atom. The van der Waals surface area contributed by atoms with E-state index in [4.69, 9.17) is 21.1 Å². The zero-order chi connectivity index (χ0) is 21.3. The van der Waals surface area contributed by atoms with E-state index in [0.717, 1.165) is 11.9 Å². The summed E-state index contributed by atoms with van der Waals surface area (Å²) in [6.45, 7) is 0.262. The number of anilines is 2. The third kappa shape index (κ3) is 4.60. The van der Waals surface area contributed by atoms with Gasteiger partial charge >= 0.3 is 0 Å². The molecule has 162 valence electrons. The Hall–Kier alpha value is -3.23. The van der Waals surface area contributed by atoms with Gasteiger partial charge in [0.2, 0.25) is 0 Å². The second-order valence-electron chi connectivity index (χ2n) is 6.53. The van der Waals surface area contributed by atoms with Gasteiger partial charge in [-0.15, -0.1) is 12.4 Å². The minimum atomic E-state index is -0.593. The van der Waals surface area contributed by atoms with Gasteiger partial charge in [0, 0.05) is 48.8 Å². The van der Waals surface area contributed by atoms with Crippen LogP contribution in [0.3, 0.4) is 0 Å². The summed E-state index contributed by atoms with van der Waals surface area (Å²) in [5.41, 5.74) is 1.28. The zero-order valence-electron chi connectivity index (χ0n) is 16.6. The number of nitrogens with one attached hydrogen (secondary N) is 1. The Kier molecular flexibility index (Phi) is 6.72. The van der Waals surface area contributed by atoms with E-state index >= 15 is 0 Å². The molecule has 7 nitrogen and oxygen atoms in total. The van der Waals surface area contributed by atoms with Crippen molar-refractivity contribution in [2.45, 2.75) is 6.61 Å². The Morgan fingerprint density at radius 3 is 2.65 bits per heavy atom. The molecule has 0 spiro atoms. The topological polar surface area (TPSA) is 81.4 Å². The van der Waals surface area contributed by atoms with Gasteiger partial charge in [0.1, 0.15) is 24.0 Å². The number of aromatic nitrogens is 3. The van der Waals surface area contributed by atoms with Crippen molar-refractivity contribution >= 4 is 46.3 Å². The third-order valence-electron chi connectivity index (χ3n) is 4.61. The number of imidazole rings is 1. The van der Waals surface area contributed by atoms with E-state index in [1.165, 1.54) is 13.2 Å². The van der Waals surface area contributed by atoms with Gasteiger partial charge in [-0.1, -0.05) is 11.6 Å². The molecule has 0 saturated carbocycles. The minimum Gasteiger partial charge on any atom is -0.506 e. The number of phenolic OH excluding ortho intramolecular Hbond substituents is 1. The predicted octanol–water partition coefficient (Wildman–Crippen LogP) is 5.22. The van der Waals surface area contributed by atoms with Crippen LogP contribution in [0.1, 0.15) is 5.82 Å². The van der Waals surface area contributed by atoms with E-state index in [2.05, 4.69) is 15.3 Å². The molecule has 0 unspecified atom stereocenters. The molecule has 0 bridgehead atoms. The number of benzene rings is 2. The number of hydrogen-bond acceptors (Lipinski definition) is 6. The Labute approximate surface area is 188 Å². The van der Waals surface area contributed by atoms with Gasteiger partial charge in [0.15, 0.2) is 11.5 Å². The van der Waals surface area contributed by atoms with Crippen LogP contribution in [0, 0.1) is 5.82 Å². The summed E-state index contributed by atoms with van der Waals surface area (Å²) in [5.74, 6) is 0.949. The number of aromatic hydroxyl groups is 1. The van der Waals surface area contributed by atoms with E-state index in [-0.39, 0.29) is 35.5 Å². The first kappa shape index (κ1) is 22.5. The summed E-state index contributed by atoms with van der Waals surface area (Å²) in [5, 5.41) is 13.4. The summed E-state index contributed by atoms with van der Waals surface area (Å²) in [6.07, 6.45) is 5.13. The van der Waals surface area contributed by atoms with Crippen molar-refractivity contribution in [2.75, 3.05) is 12.4 Å². The zero-order valence-corrected chi connectivity index (χ0v) is 18.2. The van der Waals surface area contributed by atoms with Crippen LogP contribution in [0.5, 0.6) is 17.2 Å². The predicted molar refractivity (Wildman–Crippen MR) is 119 cm³/mol. The van der Waals surface area contributed by atoms with Crippen molar-refractivity contribution < 1.29 is 19.0 Å². The lowest BCUT2D eigenvalue weighted by atomic mass is 10.1. The maximum Gasteiger partial charge on any atom is 0.164 e. The summed E-state index contributed by atoms with van der Waals surface area (Å²) in [7, 11) is 3.42. The van der Waals surface area contributed by atoms with Crippen molar-refractivity contribution in [2.24, 2.45) is 7.05 Å². The van der Waals surface area contributed by atoms with Crippen LogP contribution in [-0.2, 0) is 13.7 Å². The molecule has 0 fully saturated rings. The molecule has 4 rings (SSSR count). The van der Waals surface area contributed by atoms with Crippen molar-refractivity contribution in [1.82, 2.24) is 14.5 Å². The lowest BCUT2D eigenvalue weighted by molar-refractivity contribution is 0.273. The molecule has 0 saturated heterocycles. The fraction of sp³-hybridized carbons (Fsp3) is 0.143. The minimum absolute atomic E-state index is 0. The van der Waals surface area contributed by atoms with E-state index in [1.807, 2.05) is 17.8 Å². The molecule has 0 aliphatic heterocycles. The van der Waals surface area contributed by atoms with Gasteiger partial charge in [-0.3, -0.25) is 4.98 Å². The number of aryl methyl sites for hydroxylation is 1. The number of methoxy groups -OCH3 is 1. The maximum atomic E-state index is 14.3. The largest absolute Gasteiger partial charge is 0.506 e. The Bertz CT molecular complexity index is 1230. The number of fused-ring (bicyclic) bond motifs is 1. The summed E-state index contributed by atoms with van der Waals surface area (Å²) >= 11 is 5.75. The van der Waals surface area contributed by atoms with Crippen LogP contribution in [0.4, 0.5) is 15.8 Å². The Balaban J connectivity index is 0.00000272. The highest BCUT2D eigenvalue weighted by molar-refractivity contribution is 6.32. The molecule has 0 aliphatic carbocycles. The smallest absolute Gasteiger partial charge is 0.164 e. The van der Waals surface area contributed by atoms with E-state index in [0.29, 0.717) is 28.1 Å². The van der Waals surface area contributed by atoms with Crippen molar-refractivity contribution in [3.63, 3.8) is 0 Å². The van der Waals surface area contributed by atoms with Crippen LogP contribution < -0.4 is 14.8 Å². The van der Waals surface area contributed by atoms with Gasteiger partial charge in [-0.2, -0.15) is 0 Å². The monoisotopic (exact) mass is 464 g/mol. The molecule has 0 atom stereocenters. The highest BCUT2D eigenvalue weighted by atomic mass is 35.5. The molecule has 2 aromatic carbocycles. The molecular weight excluding hydrogens is 446 g/mol. The van der Waals surface area contributed by atoms with E-state index in [9.17, 15) is 9.50 Å². The molecule has 0 aliphatic rings. The summed E-state index contributed by atoms with van der Waals surface area (Å²) < 4.78 is 27.5. The molecule has 10 heteroatoms. The molecular formula is C21H19Cl2FN4O3. The van der Waals surface area contributed by atoms with Gasteiger partial charge in [0.25, 0.3) is 0 Å². The van der Waals surface area contributed by atoms with Crippen LogP contribution in [0.15, 0.2) is 48.9 Å². The van der Waals surface area contributed by atoms with Crippen LogP contribution in [0.2, 0.25) is 5.02 Å². The number of ether oxygens (including phenoxy) is 2. The van der Waals surface area contributed by atoms with Crippen LogP contribution in [-0.4, -0.2) is 26.8 Å². The van der Waals surface area contributed by atoms with Gasteiger partial charge < -0.3 is 24.5 Å². The average molecular weight is 465 g/mol. The number of rotatable bonds is 6. The van der Waals surface area contributed by atoms with Crippen molar-refractivity contribution in [1.29, 1.82) is 0 Å². The fourth-order valence-electron chi connectivity index (χ4n) is 2.99. The summed E-state index contributed by atoms with van der Waals surface area (Å²) in [4.78, 5) is 8.61. The number of hydrogen-bond donors (Lipinski definition) is 2. The number of pyridine rings is 1. The standard InChI is InChI=1S/C21H18ClFN4O3.ClH/c1-27-6-5-25-21(27)11-30-20-10-16-12(7-19(20)29-2)15(3-4-24-16)26-17-9-18(28)13(22)8-14(17)23;/h3-10,28H,11H2,1-2H3,(H,24,26);1H. The molecule has 31 heavy (non-hydrogen) atoms. The summed E-state index contributed by atoms with van der Waals surface area (Å²) in [6, 6.07) is 7.48. The second kappa shape index (κ2) is 9.28. The third-order valence-corrected chi connectivity index (χ3v) is 4.91. The van der Waals surface area contributed by atoms with Crippen molar-refractivity contribution in [3.8, 4) is 17.2 Å². The lowest BCUT2D eigenvalue weighted by Crippen LogP contribution is -2.04. The molecule has 2 aromatic heterocycles. The number of phenols is 1. The van der Waals surface area contributed by atoms with Gasteiger partial charge in [-0.05, 0) is 18.2 Å².